The summed E-state index contributed by atoms with van der Waals surface area (Å²) in [5.74, 6) is -3.61. The van der Waals surface area contributed by atoms with Crippen molar-refractivity contribution < 1.29 is 34.4 Å². The lowest BCUT2D eigenvalue weighted by Crippen LogP contribution is -2.16. The van der Waals surface area contributed by atoms with E-state index in [1.54, 1.807) is 0 Å². The molecule has 0 aliphatic rings. The summed E-state index contributed by atoms with van der Waals surface area (Å²) in [7, 11) is 0. The Morgan fingerprint density at radius 3 is 2.17 bits per heavy atom. The Balaban J connectivity index is 3.60. The molecule has 2 N–H and O–H groups in total. The van der Waals surface area contributed by atoms with Crippen molar-refractivity contribution in [2.45, 2.75) is 6.42 Å². The molecule has 0 amide bonds. The second-order valence-corrected chi connectivity index (χ2v) is 1.69. The van der Waals surface area contributed by atoms with Gasteiger partial charge in [-0.3, -0.25) is 4.79 Å². The second kappa shape index (κ2) is 5.08. The average Bonchev–Trinajstić information content (AvgIpc) is 2.00. The molecule has 0 aliphatic carbocycles. The standard InChI is InChI=1S/C5H6O7/c6-3(7)2-11-4(8)1-5(9)12-10/h10H,1-2H2,(H,6,7). The molecule has 0 aliphatic heterocycles. The molecule has 0 aromatic carbocycles. The number of hydrogen-bond acceptors (Lipinski definition) is 6. The van der Waals surface area contributed by atoms with Crippen LogP contribution < -0.4 is 0 Å². The Morgan fingerprint density at radius 2 is 1.75 bits per heavy atom. The first kappa shape index (κ1) is 10.4. The molecule has 0 rings (SSSR count). The summed E-state index contributed by atoms with van der Waals surface area (Å²) in [5, 5.41) is 15.7. The van der Waals surface area contributed by atoms with Crippen LogP contribution >= 0.6 is 0 Å². The zero-order chi connectivity index (χ0) is 9.56. The van der Waals surface area contributed by atoms with Crippen LogP contribution in [0, 0.1) is 0 Å². The maximum atomic E-state index is 10.4. The van der Waals surface area contributed by atoms with Crippen LogP contribution in [0.4, 0.5) is 0 Å². The van der Waals surface area contributed by atoms with Crippen molar-refractivity contribution >= 4 is 17.9 Å². The highest BCUT2D eigenvalue weighted by Gasteiger charge is 2.12. The summed E-state index contributed by atoms with van der Waals surface area (Å²) in [4.78, 5) is 33.5. The van der Waals surface area contributed by atoms with Gasteiger partial charge in [0.15, 0.2) is 6.61 Å². The number of rotatable bonds is 4. The van der Waals surface area contributed by atoms with Gasteiger partial charge < -0.3 is 14.7 Å². The van der Waals surface area contributed by atoms with Gasteiger partial charge in [0.1, 0.15) is 6.42 Å². The van der Waals surface area contributed by atoms with Crippen molar-refractivity contribution in [3.05, 3.63) is 0 Å². The van der Waals surface area contributed by atoms with Crippen LogP contribution in [0.2, 0.25) is 0 Å². The summed E-state index contributed by atoms with van der Waals surface area (Å²) < 4.78 is 4.03. The lowest BCUT2D eigenvalue weighted by atomic mass is 10.4. The van der Waals surface area contributed by atoms with Crippen LogP contribution in [-0.2, 0) is 24.0 Å². The number of carboxylic acid groups (broad SMARTS) is 1. The van der Waals surface area contributed by atoms with Gasteiger partial charge in [0.25, 0.3) is 0 Å². The summed E-state index contributed by atoms with van der Waals surface area (Å²) in [6.07, 6.45) is -0.816. The maximum absolute atomic E-state index is 10.4. The number of carbonyl (C=O) groups excluding carboxylic acids is 2. The van der Waals surface area contributed by atoms with Crippen LogP contribution in [0.15, 0.2) is 0 Å². The van der Waals surface area contributed by atoms with Gasteiger partial charge in [-0.1, -0.05) is 0 Å². The van der Waals surface area contributed by atoms with E-state index in [-0.39, 0.29) is 0 Å². The summed E-state index contributed by atoms with van der Waals surface area (Å²) in [6, 6.07) is 0. The Morgan fingerprint density at radius 1 is 1.17 bits per heavy atom. The zero-order valence-electron chi connectivity index (χ0n) is 5.85. The fourth-order valence-corrected chi connectivity index (χ4v) is 0.343. The molecule has 0 saturated heterocycles. The molecule has 7 nitrogen and oxygen atoms in total. The normalized spacial score (nSPS) is 8.75. The first-order chi connectivity index (χ1) is 5.56. The van der Waals surface area contributed by atoms with Crippen molar-refractivity contribution in [3.8, 4) is 0 Å². The zero-order valence-corrected chi connectivity index (χ0v) is 5.85. The molecule has 0 spiro atoms. The van der Waals surface area contributed by atoms with E-state index in [1.807, 2.05) is 0 Å². The third-order valence-corrected chi connectivity index (χ3v) is 0.747. The quantitative estimate of drug-likeness (QED) is 0.246. The molecule has 0 radical (unpaired) electrons. The lowest BCUT2D eigenvalue weighted by molar-refractivity contribution is -0.234. The van der Waals surface area contributed by atoms with Gasteiger partial charge in [0.2, 0.25) is 0 Å². The summed E-state index contributed by atoms with van der Waals surface area (Å²) >= 11 is 0. The molecule has 68 valence electrons. The Hall–Kier alpha value is -1.63. The van der Waals surface area contributed by atoms with E-state index >= 15 is 0 Å². The fourth-order valence-electron chi connectivity index (χ4n) is 0.343. The molecule has 7 heteroatoms. The Kier molecular flexibility index (Phi) is 4.39. The third kappa shape index (κ3) is 5.18. The Bertz CT molecular complexity index is 196. The van der Waals surface area contributed by atoms with Crippen LogP contribution in [0.25, 0.3) is 0 Å². The second-order valence-electron chi connectivity index (χ2n) is 1.69. The van der Waals surface area contributed by atoms with Gasteiger partial charge in [-0.05, 0) is 0 Å². The third-order valence-electron chi connectivity index (χ3n) is 0.747. The van der Waals surface area contributed by atoms with Crippen molar-refractivity contribution in [1.29, 1.82) is 0 Å². The molecule has 0 heterocycles. The molecule has 0 fully saturated rings. The van der Waals surface area contributed by atoms with Crippen LogP contribution in [0.3, 0.4) is 0 Å². The van der Waals surface area contributed by atoms with Gasteiger partial charge in [-0.25, -0.2) is 9.59 Å². The van der Waals surface area contributed by atoms with Gasteiger partial charge in [-0.15, -0.1) is 0 Å². The topological polar surface area (TPSA) is 110 Å². The number of carbonyl (C=O) groups is 3. The van der Waals surface area contributed by atoms with Gasteiger partial charge >= 0.3 is 17.9 Å². The molecule has 0 aromatic heterocycles. The first-order valence-electron chi connectivity index (χ1n) is 2.78. The number of hydrogen-bond donors (Lipinski definition) is 2. The van der Waals surface area contributed by atoms with E-state index in [2.05, 4.69) is 9.62 Å². The Labute approximate surface area is 66.4 Å². The first-order valence-corrected chi connectivity index (χ1v) is 2.78. The van der Waals surface area contributed by atoms with Crippen molar-refractivity contribution in [2.75, 3.05) is 6.61 Å². The van der Waals surface area contributed by atoms with Gasteiger partial charge in [0.05, 0.1) is 0 Å². The van der Waals surface area contributed by atoms with E-state index in [0.717, 1.165) is 0 Å². The smallest absolute Gasteiger partial charge is 0.353 e. The molecule has 12 heavy (non-hydrogen) atoms. The highest BCUT2D eigenvalue weighted by atomic mass is 17.1. The summed E-state index contributed by atoms with van der Waals surface area (Å²) in [6.45, 7) is -0.822. The van der Waals surface area contributed by atoms with Gasteiger partial charge in [0, 0.05) is 0 Å². The van der Waals surface area contributed by atoms with Crippen molar-refractivity contribution in [1.82, 2.24) is 0 Å². The van der Waals surface area contributed by atoms with E-state index in [0.29, 0.717) is 0 Å². The average molecular weight is 178 g/mol. The molecular formula is C5H6O7. The van der Waals surface area contributed by atoms with E-state index in [1.165, 1.54) is 0 Å². The minimum atomic E-state index is -1.33. The minimum Gasteiger partial charge on any atom is -0.479 e. The van der Waals surface area contributed by atoms with Crippen LogP contribution in [0.1, 0.15) is 6.42 Å². The number of ether oxygens (including phenoxy) is 1. The maximum Gasteiger partial charge on any atom is 0.353 e. The van der Waals surface area contributed by atoms with Crippen LogP contribution in [0.5, 0.6) is 0 Å². The SMILES string of the molecule is O=C(O)COC(=O)CC(=O)OO. The monoisotopic (exact) mass is 178 g/mol. The highest BCUT2D eigenvalue weighted by molar-refractivity contribution is 5.91. The van der Waals surface area contributed by atoms with E-state index in [4.69, 9.17) is 10.4 Å². The predicted molar refractivity (Wildman–Crippen MR) is 31.9 cm³/mol. The van der Waals surface area contributed by atoms with Gasteiger partial charge in [-0.2, -0.15) is 5.26 Å². The molecular weight excluding hydrogens is 172 g/mol. The van der Waals surface area contributed by atoms with Crippen LogP contribution in [-0.4, -0.2) is 34.9 Å². The minimum absolute atomic E-state index is 0.816. The number of carboxylic acids is 1. The van der Waals surface area contributed by atoms with E-state index < -0.39 is 30.9 Å². The van der Waals surface area contributed by atoms with E-state index in [9.17, 15) is 14.4 Å². The van der Waals surface area contributed by atoms with Crippen molar-refractivity contribution in [2.24, 2.45) is 0 Å². The lowest BCUT2D eigenvalue weighted by Gasteiger charge is -1.98. The molecule has 0 unspecified atom stereocenters. The highest BCUT2D eigenvalue weighted by Crippen LogP contribution is 1.88. The molecule has 0 aromatic rings. The molecule has 0 atom stereocenters. The molecule has 0 bridgehead atoms. The largest absolute Gasteiger partial charge is 0.479 e. The molecule has 0 saturated carbocycles. The number of esters is 1. The predicted octanol–water partition coefficient (Wildman–Crippen LogP) is -0.980. The number of aliphatic carboxylic acids is 1. The van der Waals surface area contributed by atoms with Crippen molar-refractivity contribution in [3.63, 3.8) is 0 Å². The summed E-state index contributed by atoms with van der Waals surface area (Å²) in [5.41, 5.74) is 0. The fraction of sp³-hybridized carbons (Fsp3) is 0.400.